The van der Waals surface area contributed by atoms with Crippen LogP contribution in [0.3, 0.4) is 0 Å². The molecule has 1 unspecified atom stereocenters. The summed E-state index contributed by atoms with van der Waals surface area (Å²) < 4.78 is 4.94. The molecule has 0 aromatic carbocycles. The number of aromatic amines is 1. The predicted octanol–water partition coefficient (Wildman–Crippen LogP) is 0.870. The number of nitrogens with zero attached hydrogens (tertiary/aromatic N) is 3. The third-order valence-corrected chi connectivity index (χ3v) is 4.35. The quantitative estimate of drug-likeness (QED) is 0.802. The van der Waals surface area contributed by atoms with E-state index >= 15 is 0 Å². The molecule has 1 aromatic heterocycles. The highest BCUT2D eigenvalue weighted by Crippen LogP contribution is 2.33. The van der Waals surface area contributed by atoms with E-state index in [9.17, 15) is 4.79 Å². The zero-order valence-electron chi connectivity index (χ0n) is 12.5. The van der Waals surface area contributed by atoms with Gasteiger partial charge in [-0.05, 0) is 52.2 Å². The van der Waals surface area contributed by atoms with Gasteiger partial charge in [-0.25, -0.2) is 9.78 Å². The Morgan fingerprint density at radius 1 is 1.38 bits per heavy atom. The number of nitrogens with one attached hydrogen (secondary N) is 2. The average molecular weight is 293 g/mol. The van der Waals surface area contributed by atoms with Crippen LogP contribution in [0.2, 0.25) is 0 Å². The Morgan fingerprint density at radius 2 is 2.19 bits per heavy atom. The molecular weight excluding hydrogens is 270 g/mol. The number of ether oxygens (including phenoxy) is 1. The van der Waals surface area contributed by atoms with Crippen LogP contribution in [0, 0.1) is 0 Å². The van der Waals surface area contributed by atoms with Crippen LogP contribution in [0.1, 0.15) is 55.1 Å². The molecule has 0 bridgehead atoms. The van der Waals surface area contributed by atoms with E-state index in [1.165, 1.54) is 19.3 Å². The Morgan fingerprint density at radius 3 is 2.95 bits per heavy atom. The number of aromatic nitrogens is 3. The summed E-state index contributed by atoms with van der Waals surface area (Å²) in [5.74, 6) is 0.490. The van der Waals surface area contributed by atoms with Crippen LogP contribution in [-0.4, -0.2) is 58.3 Å². The highest BCUT2D eigenvalue weighted by Gasteiger charge is 2.34. The molecule has 0 aliphatic carbocycles. The second-order valence-corrected chi connectivity index (χ2v) is 5.64. The van der Waals surface area contributed by atoms with Gasteiger partial charge in [0.2, 0.25) is 0 Å². The maximum absolute atomic E-state index is 11.7. The Bertz CT molecular complexity index is 483. The number of likely N-dealkylation sites (tertiary alicyclic amines) is 1. The van der Waals surface area contributed by atoms with E-state index in [0.29, 0.717) is 12.6 Å². The summed E-state index contributed by atoms with van der Waals surface area (Å²) in [5, 5.41) is 10.3. The van der Waals surface area contributed by atoms with Crippen molar-refractivity contribution >= 4 is 5.97 Å². The lowest BCUT2D eigenvalue weighted by molar-refractivity contribution is 0.0512. The summed E-state index contributed by atoms with van der Waals surface area (Å²) in [6, 6.07) is 0.860. The molecule has 1 atom stereocenters. The topological polar surface area (TPSA) is 83.1 Å². The van der Waals surface area contributed by atoms with Crippen molar-refractivity contribution in [2.45, 2.75) is 44.7 Å². The number of carbonyl (C=O) groups is 1. The van der Waals surface area contributed by atoms with E-state index in [2.05, 4.69) is 25.4 Å². The van der Waals surface area contributed by atoms with Crippen molar-refractivity contribution in [3.63, 3.8) is 0 Å². The first-order valence-electron chi connectivity index (χ1n) is 7.85. The minimum atomic E-state index is -0.452. The van der Waals surface area contributed by atoms with Crippen LogP contribution in [0.25, 0.3) is 0 Å². The molecule has 0 spiro atoms. The monoisotopic (exact) mass is 293 g/mol. The van der Waals surface area contributed by atoms with Gasteiger partial charge in [0, 0.05) is 6.04 Å². The molecule has 2 N–H and O–H groups in total. The number of hydrogen-bond acceptors (Lipinski definition) is 6. The number of piperidine rings is 1. The summed E-state index contributed by atoms with van der Waals surface area (Å²) in [6.45, 7) is 5.39. The molecule has 0 amide bonds. The standard InChI is InChI=1S/C14H23N5O2/c1-2-21-14(20)13-16-12(17-18-13)11-4-3-9-19(11)10-5-7-15-8-6-10/h10-11,15H,2-9H2,1H3,(H,16,17,18). The number of esters is 1. The van der Waals surface area contributed by atoms with Crippen molar-refractivity contribution < 1.29 is 9.53 Å². The van der Waals surface area contributed by atoms with Gasteiger partial charge < -0.3 is 10.1 Å². The minimum absolute atomic E-state index is 0.143. The van der Waals surface area contributed by atoms with Crippen LogP contribution < -0.4 is 5.32 Å². The number of carbonyl (C=O) groups excluding carboxylic acids is 1. The molecule has 1 aromatic rings. The molecule has 7 nitrogen and oxygen atoms in total. The largest absolute Gasteiger partial charge is 0.460 e. The maximum Gasteiger partial charge on any atom is 0.378 e. The van der Waals surface area contributed by atoms with E-state index in [-0.39, 0.29) is 11.9 Å². The number of H-pyrrole nitrogens is 1. The molecule has 2 fully saturated rings. The molecule has 7 heteroatoms. The Kier molecular flexibility index (Phi) is 4.50. The van der Waals surface area contributed by atoms with Crippen molar-refractivity contribution in [2.24, 2.45) is 0 Å². The van der Waals surface area contributed by atoms with E-state index in [1.54, 1.807) is 6.92 Å². The average Bonchev–Trinajstić information content (AvgIpc) is 3.17. The lowest BCUT2D eigenvalue weighted by atomic mass is 10.0. The minimum Gasteiger partial charge on any atom is -0.460 e. The van der Waals surface area contributed by atoms with Crippen LogP contribution >= 0.6 is 0 Å². The van der Waals surface area contributed by atoms with Crippen molar-refractivity contribution in [1.29, 1.82) is 0 Å². The lowest BCUT2D eigenvalue weighted by Gasteiger charge is -2.34. The highest BCUT2D eigenvalue weighted by molar-refractivity contribution is 5.84. The van der Waals surface area contributed by atoms with Gasteiger partial charge in [0.05, 0.1) is 12.6 Å². The molecule has 21 heavy (non-hydrogen) atoms. The van der Waals surface area contributed by atoms with Gasteiger partial charge in [-0.1, -0.05) is 0 Å². The van der Waals surface area contributed by atoms with Gasteiger partial charge in [0.25, 0.3) is 5.82 Å². The molecule has 0 radical (unpaired) electrons. The van der Waals surface area contributed by atoms with Crippen LogP contribution in [0.4, 0.5) is 0 Å². The number of rotatable bonds is 4. The van der Waals surface area contributed by atoms with E-state index in [1.807, 2.05) is 0 Å². The summed E-state index contributed by atoms with van der Waals surface area (Å²) in [7, 11) is 0. The first-order chi connectivity index (χ1) is 10.3. The first-order valence-corrected chi connectivity index (χ1v) is 7.85. The summed E-state index contributed by atoms with van der Waals surface area (Å²) in [4.78, 5) is 18.5. The Hall–Kier alpha value is -1.47. The maximum atomic E-state index is 11.7. The van der Waals surface area contributed by atoms with Gasteiger partial charge >= 0.3 is 5.97 Å². The zero-order chi connectivity index (χ0) is 14.7. The van der Waals surface area contributed by atoms with E-state index in [4.69, 9.17) is 4.74 Å². The molecule has 3 rings (SSSR count). The van der Waals surface area contributed by atoms with Gasteiger partial charge in [-0.15, -0.1) is 5.10 Å². The highest BCUT2D eigenvalue weighted by atomic mass is 16.5. The fourth-order valence-electron chi connectivity index (χ4n) is 3.37. The summed E-state index contributed by atoms with van der Waals surface area (Å²) >= 11 is 0. The lowest BCUT2D eigenvalue weighted by Crippen LogP contribution is -2.42. The van der Waals surface area contributed by atoms with Crippen molar-refractivity contribution in [3.8, 4) is 0 Å². The third kappa shape index (κ3) is 3.08. The van der Waals surface area contributed by atoms with Crippen LogP contribution in [-0.2, 0) is 4.74 Å². The first kappa shape index (κ1) is 14.5. The fourth-order valence-corrected chi connectivity index (χ4v) is 3.37. The zero-order valence-corrected chi connectivity index (χ0v) is 12.5. The molecule has 2 aliphatic rings. The molecule has 3 heterocycles. The van der Waals surface area contributed by atoms with Gasteiger partial charge in [0.1, 0.15) is 5.82 Å². The van der Waals surface area contributed by atoms with Gasteiger partial charge in [-0.2, -0.15) is 0 Å². The van der Waals surface area contributed by atoms with E-state index < -0.39 is 5.97 Å². The normalized spacial score (nSPS) is 24.3. The van der Waals surface area contributed by atoms with Crippen LogP contribution in [0.5, 0.6) is 0 Å². The van der Waals surface area contributed by atoms with Gasteiger partial charge in [-0.3, -0.25) is 10.00 Å². The number of hydrogen-bond donors (Lipinski definition) is 2. The Labute approximate surface area is 124 Å². The Balaban J connectivity index is 1.71. The molecular formula is C14H23N5O2. The van der Waals surface area contributed by atoms with E-state index in [0.717, 1.165) is 31.9 Å². The summed E-state index contributed by atoms with van der Waals surface area (Å²) in [6.07, 6.45) is 4.59. The molecule has 116 valence electrons. The van der Waals surface area contributed by atoms with Crippen molar-refractivity contribution in [3.05, 3.63) is 11.6 Å². The van der Waals surface area contributed by atoms with Crippen LogP contribution in [0.15, 0.2) is 0 Å². The SMILES string of the molecule is CCOC(=O)c1n[nH]c(C2CCCN2C2CCNCC2)n1. The second kappa shape index (κ2) is 6.53. The predicted molar refractivity (Wildman–Crippen MR) is 76.9 cm³/mol. The second-order valence-electron chi connectivity index (χ2n) is 5.64. The summed E-state index contributed by atoms with van der Waals surface area (Å²) in [5.41, 5.74) is 0. The molecule has 0 saturated carbocycles. The smallest absolute Gasteiger partial charge is 0.378 e. The van der Waals surface area contributed by atoms with Crippen molar-refractivity contribution in [1.82, 2.24) is 25.4 Å². The fraction of sp³-hybridized carbons (Fsp3) is 0.786. The molecule has 2 aliphatic heterocycles. The third-order valence-electron chi connectivity index (χ3n) is 4.35. The molecule has 2 saturated heterocycles. The van der Waals surface area contributed by atoms with Gasteiger partial charge in [0.15, 0.2) is 0 Å². The van der Waals surface area contributed by atoms with Crippen molar-refractivity contribution in [2.75, 3.05) is 26.2 Å².